The summed E-state index contributed by atoms with van der Waals surface area (Å²) in [5.41, 5.74) is 4.04. The number of nitrogens with zero attached hydrogens (tertiary/aromatic N) is 5. The van der Waals surface area contributed by atoms with Gasteiger partial charge in [0.15, 0.2) is 0 Å². The Bertz CT molecular complexity index is 1160. The first-order chi connectivity index (χ1) is 16.5. The van der Waals surface area contributed by atoms with Crippen LogP contribution in [0, 0.1) is 12.8 Å². The van der Waals surface area contributed by atoms with E-state index in [1.807, 2.05) is 55.1 Å². The lowest BCUT2D eigenvalue weighted by molar-refractivity contribution is -0.136. The summed E-state index contributed by atoms with van der Waals surface area (Å²) in [6.07, 6.45) is 0.997. The molecule has 3 aromatic rings. The first-order valence-electron chi connectivity index (χ1n) is 11.9. The standard InChI is InChI=1S/C26H29N5O3/c1-3-23-27-25(28-34-23)19-6-10-21(11-7-19)29-12-14-30(15-13-29)26(33)20-16-24(32)31(17-20)22-8-4-18(2)5-9-22/h4-11,20H,3,12-17H2,1-2H3/t20-/m1/s1. The van der Waals surface area contributed by atoms with Gasteiger partial charge in [-0.05, 0) is 43.3 Å². The number of anilines is 2. The Balaban J connectivity index is 1.17. The molecule has 1 atom stereocenters. The molecule has 3 heterocycles. The number of aryl methyl sites for hydroxylation is 2. The van der Waals surface area contributed by atoms with Gasteiger partial charge in [0.25, 0.3) is 0 Å². The van der Waals surface area contributed by atoms with Crippen LogP contribution in [0.2, 0.25) is 0 Å². The number of piperazine rings is 1. The second-order valence-electron chi connectivity index (χ2n) is 8.97. The topological polar surface area (TPSA) is 82.8 Å². The van der Waals surface area contributed by atoms with Gasteiger partial charge in [-0.3, -0.25) is 9.59 Å². The zero-order valence-corrected chi connectivity index (χ0v) is 19.6. The maximum atomic E-state index is 13.2. The SMILES string of the molecule is CCc1nc(-c2ccc(N3CCN(C(=O)[C@@H]4CC(=O)N(c5ccc(C)cc5)C4)CC3)cc2)no1. The Morgan fingerprint density at radius 2 is 1.68 bits per heavy atom. The van der Waals surface area contributed by atoms with Crippen LogP contribution in [0.4, 0.5) is 11.4 Å². The fraction of sp³-hybridized carbons (Fsp3) is 0.385. The van der Waals surface area contributed by atoms with Gasteiger partial charge in [0, 0.05) is 62.5 Å². The first-order valence-corrected chi connectivity index (χ1v) is 11.9. The van der Waals surface area contributed by atoms with Gasteiger partial charge in [-0.1, -0.05) is 29.8 Å². The van der Waals surface area contributed by atoms with Gasteiger partial charge in [-0.25, -0.2) is 0 Å². The van der Waals surface area contributed by atoms with Crippen molar-refractivity contribution in [3.63, 3.8) is 0 Å². The molecule has 0 N–H and O–H groups in total. The molecule has 2 aliphatic heterocycles. The van der Waals surface area contributed by atoms with Gasteiger partial charge >= 0.3 is 0 Å². The predicted octanol–water partition coefficient (Wildman–Crippen LogP) is 3.31. The van der Waals surface area contributed by atoms with E-state index in [9.17, 15) is 9.59 Å². The zero-order valence-electron chi connectivity index (χ0n) is 19.6. The monoisotopic (exact) mass is 459 g/mol. The Morgan fingerprint density at radius 1 is 1.00 bits per heavy atom. The summed E-state index contributed by atoms with van der Waals surface area (Å²) in [6.45, 7) is 7.28. The molecule has 2 amide bonds. The zero-order chi connectivity index (χ0) is 23.7. The molecule has 176 valence electrons. The van der Waals surface area contributed by atoms with Crippen molar-refractivity contribution in [2.24, 2.45) is 5.92 Å². The minimum Gasteiger partial charge on any atom is -0.368 e. The molecule has 0 unspecified atom stereocenters. The van der Waals surface area contributed by atoms with E-state index in [-0.39, 0.29) is 24.2 Å². The number of carbonyl (C=O) groups is 2. The smallest absolute Gasteiger partial charge is 0.228 e. The molecular formula is C26H29N5O3. The quantitative estimate of drug-likeness (QED) is 0.582. The molecule has 0 saturated carbocycles. The number of aromatic nitrogens is 2. The lowest BCUT2D eigenvalue weighted by atomic mass is 10.1. The van der Waals surface area contributed by atoms with E-state index in [1.54, 1.807) is 4.90 Å². The predicted molar refractivity (Wildman–Crippen MR) is 130 cm³/mol. The largest absolute Gasteiger partial charge is 0.368 e. The summed E-state index contributed by atoms with van der Waals surface area (Å²) in [5, 5.41) is 4.03. The summed E-state index contributed by atoms with van der Waals surface area (Å²) in [5.74, 6) is 1.06. The molecule has 0 aliphatic carbocycles. The number of amides is 2. The van der Waals surface area contributed by atoms with Crippen LogP contribution >= 0.6 is 0 Å². The third-order valence-corrected chi connectivity index (χ3v) is 6.67. The second kappa shape index (κ2) is 9.29. The van der Waals surface area contributed by atoms with Crippen LogP contribution in [0.15, 0.2) is 53.1 Å². The van der Waals surface area contributed by atoms with E-state index in [0.717, 1.165) is 35.6 Å². The van der Waals surface area contributed by atoms with E-state index >= 15 is 0 Å². The van der Waals surface area contributed by atoms with E-state index in [1.165, 1.54) is 0 Å². The molecule has 2 saturated heterocycles. The molecule has 0 radical (unpaired) electrons. The van der Waals surface area contributed by atoms with Crippen LogP contribution in [-0.2, 0) is 16.0 Å². The molecule has 2 fully saturated rings. The number of rotatable bonds is 5. The highest BCUT2D eigenvalue weighted by atomic mass is 16.5. The molecule has 0 spiro atoms. The van der Waals surface area contributed by atoms with Crippen LogP contribution < -0.4 is 9.80 Å². The highest BCUT2D eigenvalue weighted by Crippen LogP contribution is 2.28. The minimum absolute atomic E-state index is 0.0218. The van der Waals surface area contributed by atoms with E-state index in [0.29, 0.717) is 37.8 Å². The summed E-state index contributed by atoms with van der Waals surface area (Å²) in [7, 11) is 0. The van der Waals surface area contributed by atoms with Crippen LogP contribution in [0.25, 0.3) is 11.4 Å². The van der Waals surface area contributed by atoms with Crippen LogP contribution in [0.5, 0.6) is 0 Å². The maximum Gasteiger partial charge on any atom is 0.228 e. The maximum absolute atomic E-state index is 13.2. The summed E-state index contributed by atoms with van der Waals surface area (Å²) < 4.78 is 5.20. The van der Waals surface area contributed by atoms with Crippen molar-refractivity contribution < 1.29 is 14.1 Å². The van der Waals surface area contributed by atoms with Gasteiger partial charge in [0.1, 0.15) is 0 Å². The average Bonchev–Trinajstić information content (AvgIpc) is 3.51. The van der Waals surface area contributed by atoms with Crippen molar-refractivity contribution in [3.05, 3.63) is 60.0 Å². The number of carbonyl (C=O) groups excluding carboxylic acids is 2. The Kier molecular flexibility index (Phi) is 6.04. The Hall–Kier alpha value is -3.68. The number of hydrogen-bond acceptors (Lipinski definition) is 6. The van der Waals surface area contributed by atoms with Gasteiger partial charge in [0.2, 0.25) is 23.5 Å². The van der Waals surface area contributed by atoms with Gasteiger partial charge in [0.05, 0.1) is 5.92 Å². The van der Waals surface area contributed by atoms with E-state index in [2.05, 4.69) is 27.2 Å². The molecular weight excluding hydrogens is 430 g/mol. The Labute approximate surface area is 199 Å². The van der Waals surface area contributed by atoms with Crippen molar-refractivity contribution >= 4 is 23.2 Å². The molecule has 5 rings (SSSR count). The highest BCUT2D eigenvalue weighted by molar-refractivity contribution is 6.00. The van der Waals surface area contributed by atoms with Crippen molar-refractivity contribution in [2.75, 3.05) is 42.5 Å². The second-order valence-corrected chi connectivity index (χ2v) is 8.97. The van der Waals surface area contributed by atoms with Gasteiger partial charge < -0.3 is 19.2 Å². The van der Waals surface area contributed by atoms with Crippen molar-refractivity contribution in [3.8, 4) is 11.4 Å². The van der Waals surface area contributed by atoms with Gasteiger partial charge in [-0.2, -0.15) is 4.98 Å². The number of benzene rings is 2. The van der Waals surface area contributed by atoms with Crippen molar-refractivity contribution in [1.29, 1.82) is 0 Å². The molecule has 2 aliphatic rings. The first kappa shape index (κ1) is 22.1. The van der Waals surface area contributed by atoms with Crippen molar-refractivity contribution in [2.45, 2.75) is 26.7 Å². The summed E-state index contributed by atoms with van der Waals surface area (Å²) in [6, 6.07) is 16.0. The summed E-state index contributed by atoms with van der Waals surface area (Å²) in [4.78, 5) is 36.0. The van der Waals surface area contributed by atoms with Crippen LogP contribution in [-0.4, -0.2) is 59.6 Å². The van der Waals surface area contributed by atoms with E-state index in [4.69, 9.17) is 4.52 Å². The third kappa shape index (κ3) is 4.40. The van der Waals surface area contributed by atoms with Crippen LogP contribution in [0.1, 0.15) is 24.8 Å². The normalized spacial score (nSPS) is 18.6. The highest BCUT2D eigenvalue weighted by Gasteiger charge is 2.38. The molecule has 2 aromatic carbocycles. The average molecular weight is 460 g/mol. The van der Waals surface area contributed by atoms with Gasteiger partial charge in [-0.15, -0.1) is 0 Å². The van der Waals surface area contributed by atoms with E-state index < -0.39 is 0 Å². The lowest BCUT2D eigenvalue weighted by Gasteiger charge is -2.37. The van der Waals surface area contributed by atoms with Crippen LogP contribution in [0.3, 0.4) is 0 Å². The number of hydrogen-bond donors (Lipinski definition) is 0. The molecule has 1 aromatic heterocycles. The van der Waals surface area contributed by atoms with Crippen molar-refractivity contribution in [1.82, 2.24) is 15.0 Å². The molecule has 8 heteroatoms. The minimum atomic E-state index is -0.275. The molecule has 0 bridgehead atoms. The Morgan fingerprint density at radius 3 is 2.32 bits per heavy atom. The third-order valence-electron chi connectivity index (χ3n) is 6.67. The summed E-state index contributed by atoms with van der Waals surface area (Å²) >= 11 is 0. The lowest BCUT2D eigenvalue weighted by Crippen LogP contribution is -2.50. The molecule has 8 nitrogen and oxygen atoms in total. The molecule has 34 heavy (non-hydrogen) atoms. The fourth-order valence-corrected chi connectivity index (χ4v) is 4.63. The fourth-order valence-electron chi connectivity index (χ4n) is 4.63.